The number of nitrogens with two attached hydrogens (primary N) is 2. The maximum Gasteiger partial charge on any atom is 0.254 e. The van der Waals surface area contributed by atoms with Crippen molar-refractivity contribution in [3.05, 3.63) is 109 Å². The standard InChI is InChI=1S/C7H8ClN3O.C6H4ClN3.C5H2Cl2N2O.C5H4ClN3O.C4H4N2O2.13CH4/c1-12-3-2-5-6(8)10-4-11-7(5)9;7-5-4-1-2-8-6(4)10-3-9-5;2*6-4-3(1-10)5(7)9-2-8-4;7-3-1-4(8)6-2-5-3;;;;;;;;;;;;;/h2-4H,1H3,(H2,9,10,11);1-3H,(H,8,9,10);1-2H;1-2H,(H2,7,8,9);1-2H,(H2,5,6,7,8);13*1H4/b3-2+;;;;;;;;;;;;;;;;;. The minimum Gasteiger partial charge on any atom is -0.504 e. The predicted octanol–water partition coefficient (Wildman–Crippen LogP) is 12.8. The van der Waals surface area contributed by atoms with Crippen molar-refractivity contribution in [2.45, 2.75) is 96.5 Å². The molecular weight excluding hydrogens is 920 g/mol. The number of hydrogen-bond acceptors (Lipinski definition) is 16. The number of carbonyl (C=O) groups is 2. The number of rotatable bonds is 4. The van der Waals surface area contributed by atoms with Crippen LogP contribution < -0.4 is 17.0 Å². The van der Waals surface area contributed by atoms with E-state index in [0.29, 0.717) is 34.3 Å². The average molecular weight is 994 g/mol. The molecule has 0 saturated carbocycles. The van der Waals surface area contributed by atoms with E-state index >= 15 is 0 Å². The number of carbonyl (C=O) groups excluding carboxylic acids is 2. The van der Waals surface area contributed by atoms with Gasteiger partial charge in [0.1, 0.15) is 68.4 Å². The summed E-state index contributed by atoms with van der Waals surface area (Å²) in [6.07, 6.45) is 12.2. The Balaban J connectivity index is -0.0000000492. The fraction of sp³-hybridized carbons (Fsp3) is 0.350. The highest BCUT2D eigenvalue weighted by molar-refractivity contribution is 6.37. The molecule has 63 heavy (non-hydrogen) atoms. The summed E-state index contributed by atoms with van der Waals surface area (Å²) in [6.45, 7) is 0. The van der Waals surface area contributed by atoms with Gasteiger partial charge in [-0.15, -0.1) is 0 Å². The van der Waals surface area contributed by atoms with E-state index in [0.717, 1.165) is 23.4 Å². The van der Waals surface area contributed by atoms with E-state index < -0.39 is 0 Å². The first-order valence-corrected chi connectivity index (χ1v) is 14.8. The number of fused-ring (bicyclic) bond motifs is 1. The minimum atomic E-state index is -0.350. The molecule has 6 aromatic heterocycles. The van der Waals surface area contributed by atoms with E-state index in [1.54, 1.807) is 12.3 Å². The first-order chi connectivity index (χ1) is 23.9. The van der Waals surface area contributed by atoms with E-state index in [4.69, 9.17) is 79.3 Å². The predicted molar refractivity (Wildman–Crippen MR) is 275 cm³/mol. The fourth-order valence-electron chi connectivity index (χ4n) is 2.82. The van der Waals surface area contributed by atoms with Crippen molar-refractivity contribution in [1.29, 1.82) is 0 Å². The highest BCUT2D eigenvalue weighted by Gasteiger charge is 2.05. The molecule has 0 radical (unpaired) electrons. The number of halogens is 5. The zero-order chi connectivity index (χ0) is 37.1. The van der Waals surface area contributed by atoms with E-state index in [1.807, 2.05) is 6.07 Å². The summed E-state index contributed by atoms with van der Waals surface area (Å²) in [5.41, 5.74) is 12.1. The zero-order valence-corrected chi connectivity index (χ0v) is 28.9. The quantitative estimate of drug-likeness (QED) is 0.0623. The third-order valence-corrected chi connectivity index (χ3v) is 6.60. The number of anilines is 2. The molecule has 0 aromatic carbocycles. The van der Waals surface area contributed by atoms with Gasteiger partial charge in [0.25, 0.3) is 5.56 Å². The molecule has 364 valence electrons. The van der Waals surface area contributed by atoms with Gasteiger partial charge in [-0.2, -0.15) is 0 Å². The van der Waals surface area contributed by atoms with E-state index in [-0.39, 0.29) is 140 Å². The molecule has 6 aromatic rings. The van der Waals surface area contributed by atoms with Crippen LogP contribution in [0.5, 0.6) is 5.88 Å². The van der Waals surface area contributed by atoms with E-state index in [2.05, 4.69) is 54.8 Å². The second-order valence-corrected chi connectivity index (χ2v) is 10.0. The van der Waals surface area contributed by atoms with Crippen molar-refractivity contribution in [2.75, 3.05) is 18.6 Å². The zero-order valence-electron chi connectivity index (χ0n) is 25.1. The summed E-state index contributed by atoms with van der Waals surface area (Å²) in [6, 6.07) is 2.84. The van der Waals surface area contributed by atoms with Gasteiger partial charge in [-0.3, -0.25) is 14.4 Å². The first-order valence-electron chi connectivity index (χ1n) is 12.9. The van der Waals surface area contributed by atoms with Crippen LogP contribution in [-0.2, 0) is 4.74 Å². The lowest BCUT2D eigenvalue weighted by atomic mass is 10.3. The molecule has 0 fully saturated rings. The van der Waals surface area contributed by atoms with E-state index in [1.165, 1.54) is 38.7 Å². The lowest BCUT2D eigenvalue weighted by Crippen LogP contribution is -2.01. The van der Waals surface area contributed by atoms with Crippen molar-refractivity contribution in [3.8, 4) is 5.88 Å². The Bertz CT molecular complexity index is 1990. The Kier molecular flexibility index (Phi) is 66.9. The number of nitrogen functional groups attached to an aromatic ring is 2. The molecule has 0 atom stereocenters. The molecule has 18 nitrogen and oxygen atoms in total. The Morgan fingerprint density at radius 2 is 0.968 bits per heavy atom. The molecular formula is C40H74Cl5N13O5. The average Bonchev–Trinajstić information content (AvgIpc) is 3.57. The van der Waals surface area contributed by atoms with Crippen molar-refractivity contribution in [2.24, 2.45) is 0 Å². The number of H-pyrrole nitrogens is 2. The van der Waals surface area contributed by atoms with Crippen molar-refractivity contribution < 1.29 is 19.4 Å². The molecule has 6 rings (SSSR count). The Labute approximate surface area is 401 Å². The number of aromatic nitrogens is 11. The number of methoxy groups -OCH3 is 1. The molecule has 0 aliphatic rings. The molecule has 0 saturated heterocycles. The summed E-state index contributed by atoms with van der Waals surface area (Å²) in [5, 5.41) is 10.4. The minimum absolute atomic E-state index is 0. The third-order valence-electron chi connectivity index (χ3n) is 5.09. The summed E-state index contributed by atoms with van der Waals surface area (Å²) in [4.78, 5) is 68.7. The topological polar surface area (TPSA) is 280 Å². The highest BCUT2D eigenvalue weighted by Crippen LogP contribution is 2.19. The summed E-state index contributed by atoms with van der Waals surface area (Å²) >= 11 is 27.8. The first kappa shape index (κ1) is 88.6. The van der Waals surface area contributed by atoms with Gasteiger partial charge in [0.15, 0.2) is 12.6 Å². The number of nitrogens with zero attached hydrogens (tertiary/aromatic N) is 9. The molecule has 0 aliphatic carbocycles. The largest absolute Gasteiger partial charge is 0.504 e. The van der Waals surface area contributed by atoms with Gasteiger partial charge in [-0.1, -0.05) is 155 Å². The summed E-state index contributed by atoms with van der Waals surface area (Å²) < 4.78 is 4.71. The van der Waals surface area contributed by atoms with Crippen LogP contribution in [0.1, 0.15) is 123 Å². The maximum atomic E-state index is 10.2. The summed E-state index contributed by atoms with van der Waals surface area (Å²) in [7, 11) is 1.53. The Hall–Kier alpha value is -5.53. The number of ether oxygens (including phenoxy) is 1. The van der Waals surface area contributed by atoms with Crippen LogP contribution in [0.25, 0.3) is 17.1 Å². The summed E-state index contributed by atoms with van der Waals surface area (Å²) in [5.74, 6) is 0.187. The molecule has 0 aliphatic heterocycles. The normalized spacial score (nSPS) is 7.78. The van der Waals surface area contributed by atoms with Gasteiger partial charge in [-0.25, -0.2) is 44.9 Å². The van der Waals surface area contributed by atoms with Gasteiger partial charge in [0, 0.05) is 6.20 Å². The Morgan fingerprint density at radius 3 is 1.30 bits per heavy atom. The molecule has 0 spiro atoms. The van der Waals surface area contributed by atoms with Crippen LogP contribution in [0.3, 0.4) is 0 Å². The van der Waals surface area contributed by atoms with Gasteiger partial charge in [0.2, 0.25) is 5.88 Å². The van der Waals surface area contributed by atoms with Crippen LogP contribution >= 0.6 is 58.0 Å². The molecule has 7 N–H and O–H groups in total. The van der Waals surface area contributed by atoms with Crippen molar-refractivity contribution in [3.63, 3.8) is 0 Å². The van der Waals surface area contributed by atoms with Crippen molar-refractivity contribution >= 4 is 99.3 Å². The van der Waals surface area contributed by atoms with Gasteiger partial charge in [0.05, 0.1) is 47.8 Å². The fourth-order valence-corrected chi connectivity index (χ4v) is 3.81. The molecule has 0 bridgehead atoms. The van der Waals surface area contributed by atoms with Gasteiger partial charge in [-0.05, 0) is 12.1 Å². The Morgan fingerprint density at radius 1 is 0.571 bits per heavy atom. The van der Waals surface area contributed by atoms with Gasteiger partial charge >= 0.3 is 0 Å². The molecule has 0 unspecified atom stereocenters. The van der Waals surface area contributed by atoms with Crippen LogP contribution in [0.4, 0.5) is 11.6 Å². The van der Waals surface area contributed by atoms with E-state index in [9.17, 15) is 14.4 Å². The molecule has 23 heteroatoms. The number of hydrogen-bond donors (Lipinski definition) is 5. The number of aldehydes is 2. The highest BCUT2D eigenvalue weighted by atomic mass is 35.5. The maximum absolute atomic E-state index is 10.2. The number of aromatic amines is 2. The smallest absolute Gasteiger partial charge is 0.254 e. The lowest BCUT2D eigenvalue weighted by Gasteiger charge is -1.99. The van der Waals surface area contributed by atoms with Crippen LogP contribution in [0, 0.1) is 0 Å². The monoisotopic (exact) mass is 991 g/mol. The number of aromatic hydroxyl groups is 1. The van der Waals surface area contributed by atoms with Crippen LogP contribution in [0.15, 0.2) is 61.0 Å². The number of nitrogens with one attached hydrogen (secondary N) is 2. The molecule has 6 heterocycles. The second kappa shape index (κ2) is 47.5. The van der Waals surface area contributed by atoms with Gasteiger partial charge < -0.3 is 31.3 Å². The SMILES string of the molecule is C.C.C.C.C.C.C.C.C.C.C.C.C.CO/C=C/c1c(N)ncnc1Cl.Clc1ncnc2[nH]ccc12.Nc1ncnc(Cl)c1C=O.O=Cc1c(Cl)ncnc1Cl.O=c1cc(O)nc[nH]1. The van der Waals surface area contributed by atoms with Crippen LogP contribution in [-0.4, -0.2) is 79.6 Å². The van der Waals surface area contributed by atoms with Crippen molar-refractivity contribution in [1.82, 2.24) is 54.8 Å². The lowest BCUT2D eigenvalue weighted by molar-refractivity contribution is 0.111. The second-order valence-electron chi connectivity index (χ2n) is 8.24. The van der Waals surface area contributed by atoms with Crippen LogP contribution in [0.2, 0.25) is 25.8 Å². The third kappa shape index (κ3) is 30.2. The molecule has 0 amide bonds.